The van der Waals surface area contributed by atoms with E-state index < -0.39 is 5.97 Å². The zero-order valence-corrected chi connectivity index (χ0v) is 11.9. The fourth-order valence-corrected chi connectivity index (χ4v) is 2.95. The second kappa shape index (κ2) is 7.74. The number of rotatable bonds is 7. The van der Waals surface area contributed by atoms with Crippen LogP contribution in [0.3, 0.4) is 0 Å². The van der Waals surface area contributed by atoms with Crippen molar-refractivity contribution in [3.63, 3.8) is 0 Å². The van der Waals surface area contributed by atoms with Crippen molar-refractivity contribution < 1.29 is 14.6 Å². The largest absolute Gasteiger partial charge is 0.481 e. The number of hydrogen-bond donors (Lipinski definition) is 1. The highest BCUT2D eigenvalue weighted by Crippen LogP contribution is 2.26. The van der Waals surface area contributed by atoms with Crippen LogP contribution in [-0.2, 0) is 9.53 Å². The van der Waals surface area contributed by atoms with Gasteiger partial charge in [-0.2, -0.15) is 0 Å². The van der Waals surface area contributed by atoms with Gasteiger partial charge in [0, 0.05) is 25.6 Å². The molecule has 18 heavy (non-hydrogen) atoms. The Morgan fingerprint density at radius 1 is 1.39 bits per heavy atom. The Kier molecular flexibility index (Phi) is 6.65. The Bertz CT molecular complexity index is 255. The molecule has 1 aliphatic carbocycles. The first-order chi connectivity index (χ1) is 8.56. The van der Waals surface area contributed by atoms with Crippen LogP contribution >= 0.6 is 0 Å². The summed E-state index contributed by atoms with van der Waals surface area (Å²) in [7, 11) is 1.79. The fraction of sp³-hybridized carbons (Fsp3) is 0.929. The van der Waals surface area contributed by atoms with Gasteiger partial charge in [0.05, 0.1) is 6.10 Å². The maximum absolute atomic E-state index is 10.6. The minimum Gasteiger partial charge on any atom is -0.481 e. The molecule has 2 atom stereocenters. The van der Waals surface area contributed by atoms with E-state index in [-0.39, 0.29) is 6.42 Å². The number of hydrogen-bond acceptors (Lipinski definition) is 3. The molecule has 4 nitrogen and oxygen atoms in total. The molecule has 0 radical (unpaired) electrons. The van der Waals surface area contributed by atoms with Gasteiger partial charge in [0.25, 0.3) is 0 Å². The zero-order valence-electron chi connectivity index (χ0n) is 11.9. The SMILES string of the molecule is COC1CCCCC1N(CCCC(=O)O)C(C)C. The molecule has 1 saturated carbocycles. The fourth-order valence-electron chi connectivity index (χ4n) is 2.95. The molecule has 1 aliphatic rings. The molecule has 0 bridgehead atoms. The lowest BCUT2D eigenvalue weighted by Crippen LogP contribution is -2.49. The summed E-state index contributed by atoms with van der Waals surface area (Å²) in [5.41, 5.74) is 0. The highest BCUT2D eigenvalue weighted by Gasteiger charge is 2.31. The van der Waals surface area contributed by atoms with Crippen LogP contribution in [0.5, 0.6) is 0 Å². The molecule has 0 aromatic heterocycles. The predicted octanol–water partition coefficient (Wildman–Crippen LogP) is 2.52. The van der Waals surface area contributed by atoms with Gasteiger partial charge in [-0.25, -0.2) is 0 Å². The van der Waals surface area contributed by atoms with Gasteiger partial charge >= 0.3 is 5.97 Å². The Balaban J connectivity index is 2.55. The molecule has 0 amide bonds. The van der Waals surface area contributed by atoms with Crippen molar-refractivity contribution in [1.29, 1.82) is 0 Å². The zero-order chi connectivity index (χ0) is 13.5. The normalized spacial score (nSPS) is 24.7. The first-order valence-corrected chi connectivity index (χ1v) is 7.06. The van der Waals surface area contributed by atoms with Crippen molar-refractivity contribution in [2.75, 3.05) is 13.7 Å². The molecule has 0 aliphatic heterocycles. The summed E-state index contributed by atoms with van der Waals surface area (Å²) in [6.45, 7) is 5.22. The second-order valence-electron chi connectivity index (χ2n) is 5.45. The third kappa shape index (κ3) is 4.58. The lowest BCUT2D eigenvalue weighted by Gasteiger charge is -2.41. The number of ether oxygens (including phenoxy) is 1. The first kappa shape index (κ1) is 15.4. The van der Waals surface area contributed by atoms with Gasteiger partial charge in [-0.05, 0) is 39.7 Å². The molecular formula is C14H27NO3. The smallest absolute Gasteiger partial charge is 0.303 e. The molecule has 4 heteroatoms. The second-order valence-corrected chi connectivity index (χ2v) is 5.45. The standard InChI is InChI=1S/C14H27NO3/c1-11(2)15(10-6-9-14(16)17)12-7-4-5-8-13(12)18-3/h11-13H,4-10H2,1-3H3,(H,16,17). The third-order valence-electron chi connectivity index (χ3n) is 3.87. The van der Waals surface area contributed by atoms with Crippen molar-refractivity contribution in [3.05, 3.63) is 0 Å². The summed E-state index contributed by atoms with van der Waals surface area (Å²) in [6, 6.07) is 0.900. The number of nitrogens with zero attached hydrogens (tertiary/aromatic N) is 1. The van der Waals surface area contributed by atoms with Crippen LogP contribution in [0, 0.1) is 0 Å². The first-order valence-electron chi connectivity index (χ1n) is 7.06. The van der Waals surface area contributed by atoms with E-state index in [0.717, 1.165) is 19.4 Å². The van der Waals surface area contributed by atoms with Crippen LogP contribution in [0.25, 0.3) is 0 Å². The molecule has 0 heterocycles. The summed E-state index contributed by atoms with van der Waals surface area (Å²) in [5.74, 6) is -0.703. The number of carboxylic acids is 1. The van der Waals surface area contributed by atoms with Gasteiger partial charge in [-0.3, -0.25) is 9.69 Å². The maximum Gasteiger partial charge on any atom is 0.303 e. The maximum atomic E-state index is 10.6. The third-order valence-corrected chi connectivity index (χ3v) is 3.87. The van der Waals surface area contributed by atoms with E-state index in [1.165, 1.54) is 19.3 Å². The van der Waals surface area contributed by atoms with Crippen LogP contribution in [0.15, 0.2) is 0 Å². The van der Waals surface area contributed by atoms with Gasteiger partial charge in [-0.15, -0.1) is 0 Å². The van der Waals surface area contributed by atoms with E-state index in [2.05, 4.69) is 18.7 Å². The molecule has 106 valence electrons. The average Bonchev–Trinajstić information content (AvgIpc) is 2.34. The lowest BCUT2D eigenvalue weighted by atomic mass is 9.90. The molecule has 0 saturated heterocycles. The van der Waals surface area contributed by atoms with Crippen LogP contribution < -0.4 is 0 Å². The molecular weight excluding hydrogens is 230 g/mol. The van der Waals surface area contributed by atoms with E-state index in [1.54, 1.807) is 7.11 Å². The topological polar surface area (TPSA) is 49.8 Å². The number of aliphatic carboxylic acids is 1. The predicted molar refractivity (Wildman–Crippen MR) is 71.8 cm³/mol. The van der Waals surface area contributed by atoms with Crippen LogP contribution in [0.4, 0.5) is 0 Å². The van der Waals surface area contributed by atoms with E-state index in [4.69, 9.17) is 9.84 Å². The van der Waals surface area contributed by atoms with E-state index in [9.17, 15) is 4.79 Å². The number of methoxy groups -OCH3 is 1. The monoisotopic (exact) mass is 257 g/mol. The molecule has 0 aromatic rings. The van der Waals surface area contributed by atoms with Gasteiger partial charge in [-0.1, -0.05) is 12.8 Å². The van der Waals surface area contributed by atoms with Gasteiger partial charge in [0.15, 0.2) is 0 Å². The summed E-state index contributed by atoms with van der Waals surface area (Å²) < 4.78 is 5.60. The summed E-state index contributed by atoms with van der Waals surface area (Å²) in [5, 5.41) is 8.73. The van der Waals surface area contributed by atoms with E-state index in [0.29, 0.717) is 18.2 Å². The summed E-state index contributed by atoms with van der Waals surface area (Å²) in [6.07, 6.45) is 6.09. The van der Waals surface area contributed by atoms with Crippen molar-refractivity contribution in [1.82, 2.24) is 4.90 Å². The van der Waals surface area contributed by atoms with Crippen molar-refractivity contribution in [3.8, 4) is 0 Å². The lowest BCUT2D eigenvalue weighted by molar-refractivity contribution is -0.137. The number of carbonyl (C=O) groups is 1. The minimum atomic E-state index is -0.703. The highest BCUT2D eigenvalue weighted by molar-refractivity contribution is 5.66. The quantitative estimate of drug-likeness (QED) is 0.761. The highest BCUT2D eigenvalue weighted by atomic mass is 16.5. The minimum absolute atomic E-state index is 0.258. The summed E-state index contributed by atoms with van der Waals surface area (Å²) >= 11 is 0. The van der Waals surface area contributed by atoms with Crippen molar-refractivity contribution in [2.45, 2.75) is 70.6 Å². The Morgan fingerprint density at radius 3 is 2.61 bits per heavy atom. The van der Waals surface area contributed by atoms with E-state index >= 15 is 0 Å². The molecule has 0 spiro atoms. The Labute approximate surface area is 110 Å². The molecule has 0 aromatic carbocycles. The van der Waals surface area contributed by atoms with Crippen LogP contribution in [0.2, 0.25) is 0 Å². The van der Waals surface area contributed by atoms with Gasteiger partial charge in [0.1, 0.15) is 0 Å². The summed E-state index contributed by atoms with van der Waals surface area (Å²) in [4.78, 5) is 13.0. The van der Waals surface area contributed by atoms with E-state index in [1.807, 2.05) is 0 Å². The van der Waals surface area contributed by atoms with Crippen molar-refractivity contribution >= 4 is 5.97 Å². The molecule has 1 fully saturated rings. The molecule has 1 N–H and O–H groups in total. The van der Waals surface area contributed by atoms with Crippen molar-refractivity contribution in [2.24, 2.45) is 0 Å². The average molecular weight is 257 g/mol. The molecule has 2 unspecified atom stereocenters. The van der Waals surface area contributed by atoms with Crippen LogP contribution in [-0.4, -0.2) is 47.8 Å². The molecule has 1 rings (SSSR count). The van der Waals surface area contributed by atoms with Crippen LogP contribution in [0.1, 0.15) is 52.4 Å². The Hall–Kier alpha value is -0.610. The van der Waals surface area contributed by atoms with Gasteiger partial charge in [0.2, 0.25) is 0 Å². The Morgan fingerprint density at radius 2 is 2.06 bits per heavy atom. The number of carboxylic acid groups (broad SMARTS) is 1. The van der Waals surface area contributed by atoms with Gasteiger partial charge < -0.3 is 9.84 Å².